The number of anilines is 1. The molecule has 35 heavy (non-hydrogen) atoms. The van der Waals surface area contributed by atoms with Crippen LogP contribution >= 0.6 is 11.3 Å². The van der Waals surface area contributed by atoms with Crippen LogP contribution in [0.25, 0.3) is 21.5 Å². The lowest BCUT2D eigenvalue weighted by Crippen LogP contribution is -2.51. The minimum atomic E-state index is 0.101. The van der Waals surface area contributed by atoms with Crippen molar-refractivity contribution in [2.45, 2.75) is 25.3 Å². The number of nitrogens with zero attached hydrogens (tertiary/aromatic N) is 4. The molecule has 2 aromatic heterocycles. The summed E-state index contributed by atoms with van der Waals surface area (Å²) in [7, 11) is 0. The van der Waals surface area contributed by atoms with Crippen LogP contribution in [0.2, 0.25) is 0 Å². The average molecular weight is 494 g/mol. The number of fused-ring (bicyclic) bond motifs is 1. The summed E-state index contributed by atoms with van der Waals surface area (Å²) < 4.78 is 12.7. The van der Waals surface area contributed by atoms with Crippen molar-refractivity contribution in [2.75, 3.05) is 57.4 Å². The van der Waals surface area contributed by atoms with Crippen LogP contribution in [0, 0.1) is 5.92 Å². The van der Waals surface area contributed by atoms with Crippen LogP contribution in [0.5, 0.6) is 5.75 Å². The maximum atomic E-state index is 11.5. The predicted molar refractivity (Wildman–Crippen MR) is 137 cm³/mol. The van der Waals surface area contributed by atoms with Crippen molar-refractivity contribution in [2.24, 2.45) is 5.92 Å². The summed E-state index contributed by atoms with van der Waals surface area (Å²) in [5.74, 6) is 1.12. The first-order valence-corrected chi connectivity index (χ1v) is 13.4. The first-order valence-electron chi connectivity index (χ1n) is 12.5. The first-order chi connectivity index (χ1) is 17.2. The number of benzene rings is 1. The van der Waals surface area contributed by atoms with Crippen LogP contribution in [0.4, 0.5) is 5.69 Å². The lowest BCUT2D eigenvalue weighted by atomic mass is 10.1. The van der Waals surface area contributed by atoms with E-state index in [2.05, 4.69) is 44.4 Å². The molecule has 1 atom stereocenters. The molecule has 5 heterocycles. The molecular formula is C26H31N5O3S. The molecule has 0 bridgehead atoms. The molecule has 0 aliphatic carbocycles. The van der Waals surface area contributed by atoms with E-state index in [0.717, 1.165) is 79.5 Å². The number of amides is 1. The highest BCUT2D eigenvalue weighted by atomic mass is 32.1. The number of carbonyl (C=O) groups excluding carboxylic acids is 1. The molecule has 0 radical (unpaired) electrons. The average Bonchev–Trinajstić information content (AvgIpc) is 3.57. The van der Waals surface area contributed by atoms with Crippen LogP contribution in [0.1, 0.15) is 19.3 Å². The van der Waals surface area contributed by atoms with Gasteiger partial charge in [-0.15, -0.1) is 11.3 Å². The molecule has 0 spiro atoms. The van der Waals surface area contributed by atoms with Crippen LogP contribution < -0.4 is 15.0 Å². The molecule has 1 aromatic carbocycles. The van der Waals surface area contributed by atoms with Crippen molar-refractivity contribution < 1.29 is 14.3 Å². The molecule has 9 heteroatoms. The first kappa shape index (κ1) is 22.7. The van der Waals surface area contributed by atoms with Gasteiger partial charge in [0.1, 0.15) is 5.75 Å². The van der Waals surface area contributed by atoms with Gasteiger partial charge in [-0.25, -0.2) is 4.98 Å². The molecule has 1 unspecified atom stereocenters. The summed E-state index contributed by atoms with van der Waals surface area (Å²) in [5.41, 5.74) is 5.84. The quantitative estimate of drug-likeness (QED) is 0.565. The number of carbonyl (C=O) groups is 1. The maximum Gasteiger partial charge on any atom is 0.220 e. The number of pyridine rings is 1. The number of thiazole rings is 1. The number of aromatic nitrogens is 2. The Labute approximate surface area is 209 Å². The maximum absolute atomic E-state index is 11.5. The monoisotopic (exact) mass is 493 g/mol. The van der Waals surface area contributed by atoms with Crippen LogP contribution in [-0.2, 0) is 9.53 Å². The highest BCUT2D eigenvalue weighted by Gasteiger charge is 2.26. The fraction of sp³-hybridized carbons (Fsp3) is 0.500. The third kappa shape index (κ3) is 4.98. The Morgan fingerprint density at radius 2 is 1.97 bits per heavy atom. The Hall–Kier alpha value is -2.75. The van der Waals surface area contributed by atoms with E-state index in [4.69, 9.17) is 14.5 Å². The molecule has 0 saturated carbocycles. The third-order valence-electron chi connectivity index (χ3n) is 7.36. The van der Waals surface area contributed by atoms with Gasteiger partial charge in [0, 0.05) is 69.9 Å². The van der Waals surface area contributed by atoms with Crippen molar-refractivity contribution in [1.82, 2.24) is 20.2 Å². The normalized spacial score (nSPS) is 22.0. The van der Waals surface area contributed by atoms with Gasteiger partial charge in [0.25, 0.3) is 0 Å². The molecule has 3 aliphatic heterocycles. The molecule has 3 aliphatic rings. The van der Waals surface area contributed by atoms with Crippen LogP contribution in [0.3, 0.4) is 0 Å². The van der Waals surface area contributed by atoms with Gasteiger partial charge in [0.05, 0.1) is 39.9 Å². The Bertz CT molecular complexity index is 1170. The number of rotatable bonds is 6. The molecule has 3 aromatic rings. The number of ether oxygens (including phenoxy) is 2. The van der Waals surface area contributed by atoms with Gasteiger partial charge in [0.15, 0.2) is 0 Å². The van der Waals surface area contributed by atoms with Crippen molar-refractivity contribution in [3.8, 4) is 17.0 Å². The number of hydrogen-bond donors (Lipinski definition) is 1. The zero-order valence-corrected chi connectivity index (χ0v) is 20.6. The van der Waals surface area contributed by atoms with Crippen molar-refractivity contribution in [1.29, 1.82) is 0 Å². The van der Waals surface area contributed by atoms with E-state index in [9.17, 15) is 4.79 Å². The summed E-state index contributed by atoms with van der Waals surface area (Å²) in [5, 5.41) is 2.88. The molecular weight excluding hydrogens is 462 g/mol. The Morgan fingerprint density at radius 3 is 2.71 bits per heavy atom. The van der Waals surface area contributed by atoms with Gasteiger partial charge in [0.2, 0.25) is 5.91 Å². The Morgan fingerprint density at radius 1 is 1.11 bits per heavy atom. The lowest BCUT2D eigenvalue weighted by molar-refractivity contribution is -0.119. The smallest absolute Gasteiger partial charge is 0.220 e. The lowest BCUT2D eigenvalue weighted by Gasteiger charge is -2.41. The second-order valence-corrected chi connectivity index (χ2v) is 10.5. The minimum Gasteiger partial charge on any atom is -0.492 e. The van der Waals surface area contributed by atoms with E-state index in [1.165, 1.54) is 5.69 Å². The number of piperazine rings is 1. The van der Waals surface area contributed by atoms with Crippen molar-refractivity contribution in [3.63, 3.8) is 0 Å². The van der Waals surface area contributed by atoms with Gasteiger partial charge in [-0.2, -0.15) is 0 Å². The van der Waals surface area contributed by atoms with Gasteiger partial charge in [-0.1, -0.05) is 0 Å². The van der Waals surface area contributed by atoms with Crippen molar-refractivity contribution >= 4 is 33.1 Å². The molecule has 184 valence electrons. The molecule has 3 fully saturated rings. The highest BCUT2D eigenvalue weighted by Crippen LogP contribution is 2.35. The van der Waals surface area contributed by atoms with Gasteiger partial charge in [-0.05, 0) is 37.1 Å². The van der Waals surface area contributed by atoms with E-state index in [1.54, 1.807) is 11.3 Å². The van der Waals surface area contributed by atoms with Gasteiger partial charge >= 0.3 is 0 Å². The Balaban J connectivity index is 1.14. The van der Waals surface area contributed by atoms with E-state index < -0.39 is 0 Å². The fourth-order valence-corrected chi connectivity index (χ4v) is 6.06. The molecule has 8 nitrogen and oxygen atoms in total. The standard InChI is InChI=1S/C26H31N5O3S/c32-25-11-18(14-28-25)16-34-24-13-19(12-23-26(24)35-17-29-23)22-2-1-21(15-27-22)31-7-5-30(6-8-31)20-3-9-33-10-4-20/h1-2,12-13,15,17-18,20H,3-11,14,16H2,(H,28,32). The van der Waals surface area contributed by atoms with Crippen molar-refractivity contribution in [3.05, 3.63) is 36.0 Å². The van der Waals surface area contributed by atoms with E-state index in [1.807, 2.05) is 11.7 Å². The van der Waals surface area contributed by atoms with E-state index >= 15 is 0 Å². The highest BCUT2D eigenvalue weighted by molar-refractivity contribution is 7.17. The second kappa shape index (κ2) is 10.1. The topological polar surface area (TPSA) is 79.8 Å². The largest absolute Gasteiger partial charge is 0.492 e. The summed E-state index contributed by atoms with van der Waals surface area (Å²) in [6.07, 6.45) is 4.82. The molecule has 6 rings (SSSR count). The summed E-state index contributed by atoms with van der Waals surface area (Å²) in [6.45, 7) is 7.23. The van der Waals surface area contributed by atoms with E-state index in [-0.39, 0.29) is 11.8 Å². The molecule has 1 N–H and O–H groups in total. The zero-order valence-electron chi connectivity index (χ0n) is 19.8. The van der Waals surface area contributed by atoms with Crippen LogP contribution in [0.15, 0.2) is 36.0 Å². The molecule has 3 saturated heterocycles. The number of nitrogens with one attached hydrogen (secondary N) is 1. The second-order valence-electron chi connectivity index (χ2n) is 9.63. The minimum absolute atomic E-state index is 0.101. The summed E-state index contributed by atoms with van der Waals surface area (Å²) in [4.78, 5) is 25.9. The van der Waals surface area contributed by atoms with Gasteiger partial charge < -0.3 is 19.7 Å². The zero-order chi connectivity index (χ0) is 23.6. The number of hydrogen-bond acceptors (Lipinski definition) is 8. The van der Waals surface area contributed by atoms with Crippen LogP contribution in [-0.4, -0.2) is 79.4 Å². The SMILES string of the molecule is O=C1CC(COc2cc(-c3ccc(N4CCN(C5CCOCC5)CC4)cn3)cc3ncsc23)CN1. The van der Waals surface area contributed by atoms with Gasteiger partial charge in [-0.3, -0.25) is 14.7 Å². The predicted octanol–water partition coefficient (Wildman–Crippen LogP) is 3.17. The van der Waals surface area contributed by atoms with E-state index in [0.29, 0.717) is 25.6 Å². The third-order valence-corrected chi connectivity index (χ3v) is 8.22. The Kier molecular flexibility index (Phi) is 6.54. The molecule has 1 amide bonds. The summed E-state index contributed by atoms with van der Waals surface area (Å²) >= 11 is 1.58. The summed E-state index contributed by atoms with van der Waals surface area (Å²) in [6, 6.07) is 9.08. The fourth-order valence-electron chi connectivity index (χ4n) is 5.32.